The molecule has 0 aliphatic carbocycles. The van der Waals surface area contributed by atoms with E-state index in [-0.39, 0.29) is 18.0 Å². The molecule has 1 aromatic heterocycles. The van der Waals surface area contributed by atoms with Gasteiger partial charge in [-0.15, -0.1) is 0 Å². The third-order valence-corrected chi connectivity index (χ3v) is 7.61. The first kappa shape index (κ1) is 21.8. The van der Waals surface area contributed by atoms with Crippen molar-refractivity contribution in [3.05, 3.63) is 42.2 Å². The topological polar surface area (TPSA) is 69.6 Å². The normalized spacial score (nSPS) is 18.9. The number of alkyl halides is 3. The Kier molecular flexibility index (Phi) is 6.07. The van der Waals surface area contributed by atoms with Crippen molar-refractivity contribution in [3.8, 4) is 0 Å². The van der Waals surface area contributed by atoms with E-state index in [0.717, 1.165) is 61.8 Å². The molecule has 11 heteroatoms. The van der Waals surface area contributed by atoms with Gasteiger partial charge in [0, 0.05) is 45.3 Å². The summed E-state index contributed by atoms with van der Waals surface area (Å²) in [5, 5.41) is 0. The molecule has 3 heterocycles. The summed E-state index contributed by atoms with van der Waals surface area (Å²) in [5.41, 5.74) is -0.871. The molecule has 7 nitrogen and oxygen atoms in total. The Morgan fingerprint density at radius 3 is 1.87 bits per heavy atom. The number of hydrogen-bond donors (Lipinski definition) is 0. The smallest absolute Gasteiger partial charge is 0.356 e. The molecule has 2 saturated heterocycles. The fraction of sp³-hybridized carbons (Fsp3) is 0.500. The lowest BCUT2D eigenvalue weighted by Gasteiger charge is -2.35. The number of hydrogen-bond acceptors (Lipinski definition) is 6. The molecular weight excluding hydrogens is 431 g/mol. The van der Waals surface area contributed by atoms with Crippen LogP contribution in [0.1, 0.15) is 24.8 Å². The summed E-state index contributed by atoms with van der Waals surface area (Å²) in [5.74, 6) is 1.63. The first-order chi connectivity index (χ1) is 14.7. The van der Waals surface area contributed by atoms with Crippen LogP contribution in [0.25, 0.3) is 0 Å². The lowest BCUT2D eigenvalue weighted by molar-refractivity contribution is -0.137. The van der Waals surface area contributed by atoms with Crippen LogP contribution in [0.3, 0.4) is 0 Å². The Morgan fingerprint density at radius 1 is 0.774 bits per heavy atom. The van der Waals surface area contributed by atoms with Gasteiger partial charge in [0.15, 0.2) is 0 Å². The van der Waals surface area contributed by atoms with E-state index in [0.29, 0.717) is 13.1 Å². The van der Waals surface area contributed by atoms with Gasteiger partial charge in [-0.1, -0.05) is 0 Å². The van der Waals surface area contributed by atoms with Crippen LogP contribution in [0, 0.1) is 0 Å². The highest BCUT2D eigenvalue weighted by atomic mass is 32.2. The Morgan fingerprint density at radius 2 is 1.32 bits per heavy atom. The van der Waals surface area contributed by atoms with Crippen molar-refractivity contribution in [1.29, 1.82) is 0 Å². The number of aromatic nitrogens is 2. The average molecular weight is 456 g/mol. The lowest BCUT2D eigenvalue weighted by Crippen LogP contribution is -2.49. The minimum Gasteiger partial charge on any atom is -0.356 e. The van der Waals surface area contributed by atoms with Crippen LogP contribution in [-0.2, 0) is 16.2 Å². The summed E-state index contributed by atoms with van der Waals surface area (Å²) in [6.07, 6.45) is 0.534. The molecule has 2 fully saturated rings. The third-order valence-electron chi connectivity index (χ3n) is 5.70. The third kappa shape index (κ3) is 4.77. The van der Waals surface area contributed by atoms with Crippen molar-refractivity contribution in [3.63, 3.8) is 0 Å². The van der Waals surface area contributed by atoms with Crippen molar-refractivity contribution >= 4 is 21.7 Å². The molecule has 2 aliphatic heterocycles. The number of benzene rings is 1. The second kappa shape index (κ2) is 8.62. The Labute approximate surface area is 179 Å². The van der Waals surface area contributed by atoms with E-state index in [2.05, 4.69) is 14.9 Å². The number of sulfonamides is 1. The molecule has 1 aromatic carbocycles. The summed E-state index contributed by atoms with van der Waals surface area (Å²) < 4.78 is 65.2. The Bertz CT molecular complexity index is 1000. The van der Waals surface area contributed by atoms with Crippen molar-refractivity contribution in [2.75, 3.05) is 49.1 Å². The molecular formula is C20H24F3N5O2S. The second-order valence-corrected chi connectivity index (χ2v) is 9.63. The van der Waals surface area contributed by atoms with Gasteiger partial charge in [0.2, 0.25) is 10.0 Å². The van der Waals surface area contributed by atoms with Gasteiger partial charge in [-0.25, -0.2) is 18.4 Å². The van der Waals surface area contributed by atoms with Crippen LogP contribution in [0.4, 0.5) is 24.8 Å². The summed E-state index contributed by atoms with van der Waals surface area (Å²) in [7, 11) is -3.86. The molecule has 0 amide bonds. The van der Waals surface area contributed by atoms with Gasteiger partial charge in [-0.05, 0) is 43.5 Å². The quantitative estimate of drug-likeness (QED) is 0.706. The summed E-state index contributed by atoms with van der Waals surface area (Å²) in [6.45, 7) is 3.27. The average Bonchev–Trinajstić information content (AvgIpc) is 2.79. The monoisotopic (exact) mass is 455 g/mol. The van der Waals surface area contributed by atoms with E-state index in [1.807, 2.05) is 11.0 Å². The van der Waals surface area contributed by atoms with E-state index in [1.165, 1.54) is 17.1 Å². The van der Waals surface area contributed by atoms with Gasteiger partial charge in [-0.2, -0.15) is 17.5 Å². The summed E-state index contributed by atoms with van der Waals surface area (Å²) in [6, 6.07) is 5.56. The van der Waals surface area contributed by atoms with Crippen LogP contribution >= 0.6 is 0 Å². The van der Waals surface area contributed by atoms with Crippen LogP contribution in [0.5, 0.6) is 0 Å². The molecule has 0 unspecified atom stereocenters. The largest absolute Gasteiger partial charge is 0.416 e. The van der Waals surface area contributed by atoms with Crippen molar-refractivity contribution < 1.29 is 21.6 Å². The predicted molar refractivity (Wildman–Crippen MR) is 111 cm³/mol. The molecule has 4 rings (SSSR count). The predicted octanol–water partition coefficient (Wildman–Crippen LogP) is 3.00. The van der Waals surface area contributed by atoms with Crippen molar-refractivity contribution in [1.82, 2.24) is 14.3 Å². The minimum absolute atomic E-state index is 0.136. The highest BCUT2D eigenvalue weighted by molar-refractivity contribution is 7.89. The molecule has 0 atom stereocenters. The number of piperazine rings is 1. The molecule has 2 aromatic rings. The Balaban J connectivity index is 1.42. The second-order valence-electron chi connectivity index (χ2n) is 7.70. The van der Waals surface area contributed by atoms with Gasteiger partial charge in [0.25, 0.3) is 0 Å². The first-order valence-electron chi connectivity index (χ1n) is 10.2. The van der Waals surface area contributed by atoms with E-state index >= 15 is 0 Å². The Hall–Kier alpha value is -2.40. The highest BCUT2D eigenvalue weighted by Gasteiger charge is 2.33. The molecule has 0 N–H and O–H groups in total. The molecule has 31 heavy (non-hydrogen) atoms. The van der Waals surface area contributed by atoms with E-state index in [9.17, 15) is 21.6 Å². The molecule has 2 aliphatic rings. The molecule has 0 bridgehead atoms. The number of rotatable bonds is 4. The standard InChI is InChI=1S/C20H24F3N5O2S/c21-20(22,23)16-4-6-17(7-5-16)31(29,30)28-12-10-27(11-13-28)19-14-18(24-15-25-19)26-8-2-1-3-9-26/h4-7,14-15H,1-3,8-13H2. The zero-order valence-electron chi connectivity index (χ0n) is 16.9. The van der Waals surface area contributed by atoms with Crippen LogP contribution in [-0.4, -0.2) is 62.0 Å². The van der Waals surface area contributed by atoms with Crippen LogP contribution in [0.15, 0.2) is 41.6 Å². The van der Waals surface area contributed by atoms with E-state index in [1.54, 1.807) is 0 Å². The van der Waals surface area contributed by atoms with Crippen LogP contribution < -0.4 is 9.80 Å². The number of halogens is 3. The summed E-state index contributed by atoms with van der Waals surface area (Å²) >= 11 is 0. The van der Waals surface area contributed by atoms with Gasteiger partial charge in [0.05, 0.1) is 10.5 Å². The van der Waals surface area contributed by atoms with E-state index in [4.69, 9.17) is 0 Å². The molecule has 168 valence electrons. The number of anilines is 2. The number of piperidine rings is 1. The van der Waals surface area contributed by atoms with Gasteiger partial charge in [0.1, 0.15) is 18.0 Å². The van der Waals surface area contributed by atoms with Gasteiger partial charge in [-0.3, -0.25) is 0 Å². The number of nitrogens with zero attached hydrogens (tertiary/aromatic N) is 5. The summed E-state index contributed by atoms with van der Waals surface area (Å²) in [4.78, 5) is 12.8. The maximum Gasteiger partial charge on any atom is 0.416 e. The van der Waals surface area contributed by atoms with Crippen LogP contribution in [0.2, 0.25) is 0 Å². The van der Waals surface area contributed by atoms with Gasteiger partial charge >= 0.3 is 6.18 Å². The van der Waals surface area contributed by atoms with E-state index < -0.39 is 21.8 Å². The van der Waals surface area contributed by atoms with Gasteiger partial charge < -0.3 is 9.80 Å². The van der Waals surface area contributed by atoms with Crippen molar-refractivity contribution in [2.24, 2.45) is 0 Å². The fourth-order valence-corrected chi connectivity index (χ4v) is 5.35. The molecule has 0 radical (unpaired) electrons. The lowest BCUT2D eigenvalue weighted by atomic mass is 10.1. The maximum atomic E-state index is 12.8. The fourth-order valence-electron chi connectivity index (χ4n) is 3.93. The SMILES string of the molecule is O=S(=O)(c1ccc(C(F)(F)F)cc1)N1CCN(c2cc(N3CCCCC3)ncn2)CC1. The van der Waals surface area contributed by atoms with Crippen molar-refractivity contribution in [2.45, 2.75) is 30.3 Å². The molecule has 0 saturated carbocycles. The highest BCUT2D eigenvalue weighted by Crippen LogP contribution is 2.30. The zero-order chi connectivity index (χ0) is 22.1. The molecule has 0 spiro atoms. The first-order valence-corrected chi connectivity index (χ1v) is 11.7. The minimum atomic E-state index is -4.50. The maximum absolute atomic E-state index is 12.8. The zero-order valence-corrected chi connectivity index (χ0v) is 17.7.